The number of sulfonamides is 1. The van der Waals surface area contributed by atoms with Crippen molar-refractivity contribution in [3.05, 3.63) is 63.2 Å². The Balaban J connectivity index is 1.50. The van der Waals surface area contributed by atoms with Crippen molar-refractivity contribution in [1.29, 1.82) is 0 Å². The van der Waals surface area contributed by atoms with Crippen molar-refractivity contribution in [3.8, 4) is 0 Å². The molecule has 1 aliphatic heterocycles. The number of carbonyl (C=O) groups is 1. The fourth-order valence-corrected chi connectivity index (χ4v) is 6.43. The van der Waals surface area contributed by atoms with Crippen LogP contribution in [-0.2, 0) is 10.0 Å². The van der Waals surface area contributed by atoms with E-state index in [1.807, 2.05) is 0 Å². The number of piperazine rings is 1. The lowest BCUT2D eigenvalue weighted by Crippen LogP contribution is -2.50. The molecule has 5 nitrogen and oxygen atoms in total. The number of thiophene rings is 1. The average molecular weight is 473 g/mol. The van der Waals surface area contributed by atoms with Crippen molar-refractivity contribution in [2.45, 2.75) is 4.90 Å². The summed E-state index contributed by atoms with van der Waals surface area (Å²) in [6.45, 7) is 0.728. The predicted molar refractivity (Wildman–Crippen MR) is 113 cm³/mol. The van der Waals surface area contributed by atoms with Gasteiger partial charge in [0.05, 0.1) is 9.90 Å². The maximum atomic E-state index is 13.9. The number of amides is 1. The lowest BCUT2D eigenvalue weighted by atomic mass is 10.2. The van der Waals surface area contributed by atoms with Gasteiger partial charge in [-0.1, -0.05) is 29.3 Å². The van der Waals surface area contributed by atoms with Crippen LogP contribution in [0.4, 0.5) is 4.39 Å². The summed E-state index contributed by atoms with van der Waals surface area (Å²) in [7, 11) is -3.82. The number of fused-ring (bicyclic) bond motifs is 1. The van der Waals surface area contributed by atoms with E-state index in [4.69, 9.17) is 23.2 Å². The molecule has 0 saturated carbocycles. The quantitative estimate of drug-likeness (QED) is 0.563. The molecule has 0 bridgehead atoms. The molecule has 0 aliphatic carbocycles. The third-order valence-corrected chi connectivity index (χ3v) is 8.46. The highest BCUT2D eigenvalue weighted by molar-refractivity contribution is 7.89. The zero-order chi connectivity index (χ0) is 20.8. The van der Waals surface area contributed by atoms with Crippen molar-refractivity contribution in [2.75, 3.05) is 26.2 Å². The third kappa shape index (κ3) is 3.87. The molecule has 0 spiro atoms. The van der Waals surface area contributed by atoms with Crippen LogP contribution >= 0.6 is 34.5 Å². The van der Waals surface area contributed by atoms with Crippen LogP contribution in [0.2, 0.25) is 10.0 Å². The van der Waals surface area contributed by atoms with Gasteiger partial charge in [-0.15, -0.1) is 11.3 Å². The number of benzene rings is 2. The first-order valence-electron chi connectivity index (χ1n) is 8.70. The summed E-state index contributed by atoms with van der Waals surface area (Å²) < 4.78 is 41.7. The van der Waals surface area contributed by atoms with Gasteiger partial charge in [0.2, 0.25) is 10.0 Å². The fraction of sp³-hybridized carbons (Fsp3) is 0.211. The van der Waals surface area contributed by atoms with Crippen LogP contribution in [-0.4, -0.2) is 49.7 Å². The van der Waals surface area contributed by atoms with Gasteiger partial charge < -0.3 is 4.90 Å². The molecule has 2 aromatic carbocycles. The predicted octanol–water partition coefficient (Wildman–Crippen LogP) is 4.49. The molecular formula is C19H15Cl2FN2O3S2. The van der Waals surface area contributed by atoms with E-state index < -0.39 is 10.0 Å². The highest BCUT2D eigenvalue weighted by Gasteiger charge is 2.32. The van der Waals surface area contributed by atoms with Gasteiger partial charge in [0.1, 0.15) is 10.7 Å². The Hall–Kier alpha value is -1.71. The number of nitrogens with zero attached hydrogens (tertiary/aromatic N) is 2. The Bertz CT molecular complexity index is 1210. The van der Waals surface area contributed by atoms with E-state index in [1.165, 1.54) is 39.9 Å². The summed E-state index contributed by atoms with van der Waals surface area (Å²) in [6, 6.07) is 10.6. The van der Waals surface area contributed by atoms with Crippen LogP contribution in [0, 0.1) is 5.82 Å². The second-order valence-corrected chi connectivity index (χ2v) is 10.4. The van der Waals surface area contributed by atoms with E-state index in [0.717, 1.165) is 0 Å². The summed E-state index contributed by atoms with van der Waals surface area (Å²) in [4.78, 5) is 14.8. The number of carbonyl (C=O) groups excluding carboxylic acids is 1. The van der Waals surface area contributed by atoms with E-state index in [1.54, 1.807) is 23.1 Å². The third-order valence-electron chi connectivity index (χ3n) is 4.76. The number of hydrogen-bond acceptors (Lipinski definition) is 4. The number of rotatable bonds is 3. The Labute approximate surface area is 181 Å². The number of halogens is 3. The summed E-state index contributed by atoms with van der Waals surface area (Å²) in [6.07, 6.45) is 0. The highest BCUT2D eigenvalue weighted by Crippen LogP contribution is 2.30. The van der Waals surface area contributed by atoms with Gasteiger partial charge in [0, 0.05) is 41.3 Å². The van der Waals surface area contributed by atoms with Crippen LogP contribution in [0.3, 0.4) is 0 Å². The van der Waals surface area contributed by atoms with E-state index in [9.17, 15) is 17.6 Å². The summed E-state index contributed by atoms with van der Waals surface area (Å²) in [5, 5.41) is 0.789. The Kier molecular flexibility index (Phi) is 5.56. The minimum absolute atomic E-state index is 0.0496. The Morgan fingerprint density at radius 3 is 2.45 bits per heavy atom. The topological polar surface area (TPSA) is 57.7 Å². The molecule has 0 atom stereocenters. The van der Waals surface area contributed by atoms with Crippen LogP contribution in [0.25, 0.3) is 10.1 Å². The van der Waals surface area contributed by atoms with E-state index in [-0.39, 0.29) is 52.8 Å². The SMILES string of the molecule is O=C(c1cc2c(F)cccc2s1)N1CCN(S(=O)(=O)c2cc(Cl)ccc2Cl)CC1. The van der Waals surface area contributed by atoms with E-state index >= 15 is 0 Å². The van der Waals surface area contributed by atoms with E-state index in [0.29, 0.717) is 15.0 Å². The van der Waals surface area contributed by atoms with Crippen LogP contribution in [0.5, 0.6) is 0 Å². The molecule has 1 aliphatic rings. The molecule has 1 saturated heterocycles. The molecular weight excluding hydrogens is 458 g/mol. The van der Waals surface area contributed by atoms with Crippen LogP contribution < -0.4 is 0 Å². The van der Waals surface area contributed by atoms with Gasteiger partial charge in [-0.3, -0.25) is 4.79 Å². The molecule has 29 heavy (non-hydrogen) atoms. The normalized spacial score (nSPS) is 15.8. The van der Waals surface area contributed by atoms with Gasteiger partial charge >= 0.3 is 0 Å². The standard InChI is InChI=1S/C19H15Cl2FN2O3S2/c20-12-4-5-14(21)18(10-12)29(26,27)24-8-6-23(7-9-24)19(25)17-11-13-15(22)2-1-3-16(13)28-17/h1-5,10-11H,6-9H2. The molecule has 2 heterocycles. The number of hydrogen-bond donors (Lipinski definition) is 0. The molecule has 1 aromatic heterocycles. The Morgan fingerprint density at radius 1 is 1.03 bits per heavy atom. The molecule has 3 aromatic rings. The summed E-state index contributed by atoms with van der Waals surface area (Å²) >= 11 is 13.2. The largest absolute Gasteiger partial charge is 0.335 e. The van der Waals surface area contributed by atoms with E-state index in [2.05, 4.69) is 0 Å². The molecule has 1 amide bonds. The monoisotopic (exact) mass is 472 g/mol. The molecule has 0 N–H and O–H groups in total. The molecule has 0 unspecified atom stereocenters. The Morgan fingerprint density at radius 2 is 1.76 bits per heavy atom. The molecule has 4 rings (SSSR count). The second-order valence-electron chi connectivity index (χ2n) is 6.53. The van der Waals surface area contributed by atoms with Crippen molar-refractivity contribution < 1.29 is 17.6 Å². The summed E-state index contributed by atoms with van der Waals surface area (Å²) in [5.74, 6) is -0.601. The van der Waals surface area contributed by atoms with Gasteiger partial charge in [-0.2, -0.15) is 4.31 Å². The van der Waals surface area contributed by atoms with Gasteiger partial charge in [-0.05, 0) is 36.4 Å². The average Bonchev–Trinajstić information content (AvgIpc) is 3.15. The van der Waals surface area contributed by atoms with Gasteiger partial charge in [-0.25, -0.2) is 12.8 Å². The van der Waals surface area contributed by atoms with Crippen molar-refractivity contribution in [3.63, 3.8) is 0 Å². The molecule has 1 fully saturated rings. The van der Waals surface area contributed by atoms with Gasteiger partial charge in [0.25, 0.3) is 5.91 Å². The minimum atomic E-state index is -3.82. The van der Waals surface area contributed by atoms with Crippen molar-refractivity contribution in [1.82, 2.24) is 9.21 Å². The zero-order valence-corrected chi connectivity index (χ0v) is 18.1. The first kappa shape index (κ1) is 20.6. The van der Waals surface area contributed by atoms with Gasteiger partial charge in [0.15, 0.2) is 0 Å². The first-order valence-corrected chi connectivity index (χ1v) is 11.7. The first-order chi connectivity index (χ1) is 13.8. The zero-order valence-electron chi connectivity index (χ0n) is 14.9. The van der Waals surface area contributed by atoms with Crippen molar-refractivity contribution >= 4 is 60.6 Å². The lowest BCUT2D eigenvalue weighted by Gasteiger charge is -2.34. The highest BCUT2D eigenvalue weighted by atomic mass is 35.5. The smallest absolute Gasteiger partial charge is 0.264 e. The maximum Gasteiger partial charge on any atom is 0.264 e. The molecule has 152 valence electrons. The lowest BCUT2D eigenvalue weighted by molar-refractivity contribution is 0.0703. The molecule has 10 heteroatoms. The van der Waals surface area contributed by atoms with Crippen LogP contribution in [0.1, 0.15) is 9.67 Å². The van der Waals surface area contributed by atoms with Crippen molar-refractivity contribution in [2.24, 2.45) is 0 Å². The van der Waals surface area contributed by atoms with Crippen LogP contribution in [0.15, 0.2) is 47.4 Å². The fourth-order valence-electron chi connectivity index (χ4n) is 3.23. The second kappa shape index (κ2) is 7.85. The minimum Gasteiger partial charge on any atom is -0.335 e. The maximum absolute atomic E-state index is 13.9. The molecule has 0 radical (unpaired) electrons. The summed E-state index contributed by atoms with van der Waals surface area (Å²) in [5.41, 5.74) is 0.